The van der Waals surface area contributed by atoms with Crippen molar-refractivity contribution < 1.29 is 9.53 Å². The third-order valence-corrected chi connectivity index (χ3v) is 5.21. The minimum absolute atomic E-state index is 0.179. The number of piperidine rings is 1. The van der Waals surface area contributed by atoms with Crippen molar-refractivity contribution in [2.45, 2.75) is 83.6 Å². The fourth-order valence-corrected chi connectivity index (χ4v) is 4.03. The number of aromatic nitrogens is 3. The highest BCUT2D eigenvalue weighted by molar-refractivity contribution is 5.80. The lowest BCUT2D eigenvalue weighted by atomic mass is 9.98. The number of amides is 1. The Labute approximate surface area is 166 Å². The Kier molecular flexibility index (Phi) is 6.10. The summed E-state index contributed by atoms with van der Waals surface area (Å²) < 4.78 is 7.35. The number of guanidine groups is 1. The second-order valence-corrected chi connectivity index (χ2v) is 8.58. The van der Waals surface area contributed by atoms with E-state index < -0.39 is 5.60 Å². The van der Waals surface area contributed by atoms with Gasteiger partial charge in [0.25, 0.3) is 0 Å². The maximum atomic E-state index is 12.6. The predicted molar refractivity (Wildman–Crippen MR) is 107 cm³/mol. The number of ether oxygens (including phenoxy) is 1. The maximum absolute atomic E-state index is 12.6. The largest absolute Gasteiger partial charge is 0.444 e. The number of rotatable bonds is 4. The fourth-order valence-electron chi connectivity index (χ4n) is 4.03. The van der Waals surface area contributed by atoms with Gasteiger partial charge in [0, 0.05) is 31.7 Å². The van der Waals surface area contributed by atoms with Gasteiger partial charge in [0.05, 0.1) is 0 Å². The number of aliphatic imine (C=N–C) groups is 1. The van der Waals surface area contributed by atoms with Crippen molar-refractivity contribution in [2.24, 2.45) is 12.0 Å². The lowest BCUT2D eigenvalue weighted by molar-refractivity contribution is 0.00545. The molecular formula is C19H33N7O2. The van der Waals surface area contributed by atoms with Crippen LogP contribution < -0.4 is 10.6 Å². The Bertz CT molecular complexity index is 695. The Morgan fingerprint density at radius 1 is 1.32 bits per heavy atom. The molecule has 0 spiro atoms. The Balaban J connectivity index is 1.61. The topological polar surface area (TPSA) is 96.7 Å². The lowest BCUT2D eigenvalue weighted by Crippen LogP contribution is -2.55. The van der Waals surface area contributed by atoms with Crippen molar-refractivity contribution in [2.75, 3.05) is 6.54 Å². The van der Waals surface area contributed by atoms with Crippen LogP contribution in [0.1, 0.15) is 59.2 Å². The van der Waals surface area contributed by atoms with Crippen LogP contribution in [0, 0.1) is 0 Å². The summed E-state index contributed by atoms with van der Waals surface area (Å²) in [5.41, 5.74) is -0.462. The van der Waals surface area contributed by atoms with Crippen LogP contribution in [0.4, 0.5) is 4.79 Å². The van der Waals surface area contributed by atoms with Crippen LogP contribution in [0.2, 0.25) is 0 Å². The van der Waals surface area contributed by atoms with E-state index in [-0.39, 0.29) is 24.2 Å². The molecule has 2 unspecified atom stereocenters. The van der Waals surface area contributed by atoms with Gasteiger partial charge in [0.2, 0.25) is 0 Å². The van der Waals surface area contributed by atoms with E-state index in [1.165, 1.54) is 6.33 Å². The molecule has 1 aromatic heterocycles. The molecule has 28 heavy (non-hydrogen) atoms. The van der Waals surface area contributed by atoms with Crippen molar-refractivity contribution in [1.82, 2.24) is 30.3 Å². The van der Waals surface area contributed by atoms with Crippen LogP contribution in [0.15, 0.2) is 11.3 Å². The second kappa shape index (κ2) is 8.36. The zero-order valence-electron chi connectivity index (χ0n) is 17.6. The van der Waals surface area contributed by atoms with Crippen molar-refractivity contribution in [3.8, 4) is 0 Å². The van der Waals surface area contributed by atoms with Crippen LogP contribution in [-0.4, -0.2) is 62.0 Å². The number of nitrogens with zero attached hydrogens (tertiary/aromatic N) is 5. The number of hydrogen-bond acceptors (Lipinski definition) is 5. The summed E-state index contributed by atoms with van der Waals surface area (Å²) in [5, 5.41) is 10.9. The van der Waals surface area contributed by atoms with Gasteiger partial charge in [-0.05, 0) is 53.4 Å². The van der Waals surface area contributed by atoms with Crippen molar-refractivity contribution >= 4 is 12.1 Å². The molecule has 1 aromatic rings. The Hall–Kier alpha value is -2.32. The zero-order chi connectivity index (χ0) is 20.3. The predicted octanol–water partition coefficient (Wildman–Crippen LogP) is 1.80. The van der Waals surface area contributed by atoms with Crippen LogP contribution in [0.25, 0.3) is 0 Å². The zero-order valence-corrected chi connectivity index (χ0v) is 17.6. The van der Waals surface area contributed by atoms with E-state index in [0.717, 1.165) is 44.0 Å². The average Bonchev–Trinajstić information content (AvgIpc) is 3.12. The summed E-state index contributed by atoms with van der Waals surface area (Å²) in [5.74, 6) is 1.60. The summed E-state index contributed by atoms with van der Waals surface area (Å²) in [6.45, 7) is 9.05. The van der Waals surface area contributed by atoms with Gasteiger partial charge in [-0.2, -0.15) is 5.10 Å². The molecule has 2 fully saturated rings. The first-order valence-corrected chi connectivity index (χ1v) is 10.2. The first-order chi connectivity index (χ1) is 13.3. The number of aryl methyl sites for hydroxylation is 1. The van der Waals surface area contributed by atoms with Gasteiger partial charge in [0.15, 0.2) is 5.96 Å². The lowest BCUT2D eigenvalue weighted by Gasteiger charge is -2.40. The van der Waals surface area contributed by atoms with E-state index in [1.54, 1.807) is 4.68 Å². The maximum Gasteiger partial charge on any atom is 0.410 e. The second-order valence-electron chi connectivity index (χ2n) is 8.58. The minimum Gasteiger partial charge on any atom is -0.444 e. The molecule has 3 heterocycles. The molecule has 2 N–H and O–H groups in total. The van der Waals surface area contributed by atoms with Crippen LogP contribution in [0.3, 0.4) is 0 Å². The molecule has 2 bridgehead atoms. The van der Waals surface area contributed by atoms with E-state index in [0.29, 0.717) is 6.54 Å². The molecule has 1 amide bonds. The summed E-state index contributed by atoms with van der Waals surface area (Å²) in [7, 11) is 1.86. The normalized spacial score (nSPS) is 25.0. The standard InChI is InChI=1S/C19H33N7O2/c1-6-20-17(21-11-16-22-12-23-25(16)5)24-13-9-14-7-8-15(10-13)26(14)18(27)28-19(2,3)4/h12-15H,6-11H2,1-5H3,(H2,20,21,24). The van der Waals surface area contributed by atoms with Crippen LogP contribution in [-0.2, 0) is 18.3 Å². The summed E-state index contributed by atoms with van der Waals surface area (Å²) in [4.78, 5) is 23.4. The number of nitrogens with one attached hydrogen (secondary N) is 2. The highest BCUT2D eigenvalue weighted by atomic mass is 16.6. The fraction of sp³-hybridized carbons (Fsp3) is 0.789. The smallest absolute Gasteiger partial charge is 0.410 e. The van der Waals surface area contributed by atoms with E-state index in [2.05, 4.69) is 25.7 Å². The molecule has 3 rings (SSSR count). The number of hydrogen-bond donors (Lipinski definition) is 2. The summed E-state index contributed by atoms with van der Waals surface area (Å²) in [6.07, 6.45) is 5.24. The molecule has 9 heteroatoms. The van der Waals surface area contributed by atoms with Gasteiger partial charge in [-0.3, -0.25) is 4.68 Å². The van der Waals surface area contributed by atoms with Crippen LogP contribution in [0.5, 0.6) is 0 Å². The van der Waals surface area contributed by atoms with Gasteiger partial charge in [-0.1, -0.05) is 0 Å². The summed E-state index contributed by atoms with van der Waals surface area (Å²) in [6, 6.07) is 0.744. The summed E-state index contributed by atoms with van der Waals surface area (Å²) >= 11 is 0. The Morgan fingerprint density at radius 3 is 2.54 bits per heavy atom. The monoisotopic (exact) mass is 391 g/mol. The van der Waals surface area contributed by atoms with Crippen molar-refractivity contribution in [3.63, 3.8) is 0 Å². The molecule has 0 aromatic carbocycles. The third-order valence-electron chi connectivity index (χ3n) is 5.21. The molecule has 156 valence electrons. The number of fused-ring (bicyclic) bond motifs is 2. The van der Waals surface area contributed by atoms with Gasteiger partial charge in [-0.25, -0.2) is 14.8 Å². The first kappa shape index (κ1) is 20.4. The van der Waals surface area contributed by atoms with Gasteiger partial charge >= 0.3 is 6.09 Å². The molecule has 9 nitrogen and oxygen atoms in total. The van der Waals surface area contributed by atoms with E-state index >= 15 is 0 Å². The molecular weight excluding hydrogens is 358 g/mol. The third kappa shape index (κ3) is 4.94. The molecule has 2 saturated heterocycles. The number of carbonyl (C=O) groups excluding carboxylic acids is 1. The Morgan fingerprint density at radius 2 is 2.00 bits per heavy atom. The van der Waals surface area contributed by atoms with Gasteiger partial charge < -0.3 is 20.3 Å². The molecule has 2 aliphatic rings. The van der Waals surface area contributed by atoms with E-state index in [9.17, 15) is 4.79 Å². The van der Waals surface area contributed by atoms with Gasteiger partial charge in [-0.15, -0.1) is 0 Å². The van der Waals surface area contributed by atoms with E-state index in [4.69, 9.17) is 4.74 Å². The highest BCUT2D eigenvalue weighted by Gasteiger charge is 2.45. The SMILES string of the molecule is CCNC(=NCc1ncnn1C)NC1CC2CCC(C1)N2C(=O)OC(C)(C)C. The van der Waals surface area contributed by atoms with Crippen LogP contribution >= 0.6 is 0 Å². The average molecular weight is 392 g/mol. The first-order valence-electron chi connectivity index (χ1n) is 10.2. The molecule has 0 radical (unpaired) electrons. The minimum atomic E-state index is -0.462. The van der Waals surface area contributed by atoms with E-state index in [1.807, 2.05) is 39.6 Å². The molecule has 0 saturated carbocycles. The van der Waals surface area contributed by atoms with Crippen molar-refractivity contribution in [3.05, 3.63) is 12.2 Å². The van der Waals surface area contributed by atoms with Crippen molar-refractivity contribution in [1.29, 1.82) is 0 Å². The highest BCUT2D eigenvalue weighted by Crippen LogP contribution is 2.36. The number of carbonyl (C=O) groups is 1. The molecule has 2 aliphatic heterocycles. The quantitative estimate of drug-likeness (QED) is 0.600. The molecule has 0 aliphatic carbocycles. The molecule has 2 atom stereocenters. The van der Waals surface area contributed by atoms with Gasteiger partial charge in [0.1, 0.15) is 24.3 Å².